The van der Waals surface area contributed by atoms with E-state index < -0.39 is 0 Å². The molecule has 4 nitrogen and oxygen atoms in total. The smallest absolute Gasteiger partial charge is 0.126 e. The second-order valence-corrected chi connectivity index (χ2v) is 4.63. The van der Waals surface area contributed by atoms with Crippen LogP contribution in [0.25, 0.3) is 0 Å². The molecule has 0 aromatic carbocycles. The van der Waals surface area contributed by atoms with Crippen LogP contribution >= 0.6 is 11.3 Å². The van der Waals surface area contributed by atoms with Gasteiger partial charge in [0.2, 0.25) is 0 Å². The second kappa shape index (κ2) is 5.75. The number of rotatable bonds is 5. The number of anilines is 1. The Balaban J connectivity index is 1.95. The lowest BCUT2D eigenvalue weighted by atomic mass is 10.3. The lowest BCUT2D eigenvalue weighted by molar-refractivity contribution is 0.312. The average molecular weight is 248 g/mol. The Labute approximate surface area is 105 Å². The van der Waals surface area contributed by atoms with E-state index in [-0.39, 0.29) is 0 Å². The summed E-state index contributed by atoms with van der Waals surface area (Å²) >= 11 is 1.63. The van der Waals surface area contributed by atoms with E-state index in [0.717, 1.165) is 30.3 Å². The van der Waals surface area contributed by atoms with E-state index in [2.05, 4.69) is 32.6 Å². The number of aromatic nitrogens is 2. The molecule has 2 aromatic rings. The van der Waals surface area contributed by atoms with Gasteiger partial charge in [-0.25, -0.2) is 9.97 Å². The van der Waals surface area contributed by atoms with E-state index in [1.165, 1.54) is 0 Å². The van der Waals surface area contributed by atoms with Gasteiger partial charge < -0.3 is 5.32 Å². The van der Waals surface area contributed by atoms with Gasteiger partial charge in [0.15, 0.2) is 0 Å². The summed E-state index contributed by atoms with van der Waals surface area (Å²) in [6, 6.07) is 6.02. The van der Waals surface area contributed by atoms with Gasteiger partial charge in [0.25, 0.3) is 0 Å². The van der Waals surface area contributed by atoms with Gasteiger partial charge >= 0.3 is 0 Å². The Morgan fingerprint density at radius 1 is 1.29 bits per heavy atom. The zero-order chi connectivity index (χ0) is 12.1. The summed E-state index contributed by atoms with van der Waals surface area (Å²) < 4.78 is 0. The molecular formula is C12H16N4S. The summed E-state index contributed by atoms with van der Waals surface area (Å²) in [5, 5.41) is 5.12. The second-order valence-electron chi connectivity index (χ2n) is 3.92. The number of hydrogen-bond donors (Lipinski definition) is 1. The van der Waals surface area contributed by atoms with Crippen molar-refractivity contribution in [1.29, 1.82) is 0 Å². The fourth-order valence-electron chi connectivity index (χ4n) is 1.63. The van der Waals surface area contributed by atoms with Crippen LogP contribution in [0.1, 0.15) is 11.4 Å². The predicted molar refractivity (Wildman–Crippen MR) is 71.1 cm³/mol. The molecule has 90 valence electrons. The molecule has 0 aliphatic rings. The van der Waals surface area contributed by atoms with E-state index >= 15 is 0 Å². The van der Waals surface area contributed by atoms with Gasteiger partial charge in [0.1, 0.15) is 5.82 Å². The van der Waals surface area contributed by atoms with Crippen molar-refractivity contribution in [3.8, 4) is 0 Å². The lowest BCUT2D eigenvalue weighted by Crippen LogP contribution is -2.18. The molecule has 0 radical (unpaired) electrons. The van der Waals surface area contributed by atoms with E-state index in [9.17, 15) is 0 Å². The molecule has 2 rings (SSSR count). The van der Waals surface area contributed by atoms with Crippen LogP contribution in [0.3, 0.4) is 0 Å². The van der Waals surface area contributed by atoms with Crippen molar-refractivity contribution < 1.29 is 0 Å². The number of hydrogen-bond acceptors (Lipinski definition) is 5. The van der Waals surface area contributed by atoms with Crippen molar-refractivity contribution in [3.63, 3.8) is 0 Å². The number of nitrogens with one attached hydrogen (secondary N) is 1. The maximum atomic E-state index is 4.49. The predicted octanol–water partition coefficient (Wildman–Crippen LogP) is 2.21. The molecular weight excluding hydrogens is 232 g/mol. The first kappa shape index (κ1) is 12.0. The van der Waals surface area contributed by atoms with Crippen molar-refractivity contribution in [1.82, 2.24) is 14.9 Å². The molecule has 0 spiro atoms. The normalized spacial score (nSPS) is 10.8. The zero-order valence-corrected chi connectivity index (χ0v) is 10.9. The zero-order valence-electron chi connectivity index (χ0n) is 10.1. The Kier molecular flexibility index (Phi) is 4.06. The summed E-state index contributed by atoms with van der Waals surface area (Å²) in [5.74, 6) is 0.907. The summed E-state index contributed by atoms with van der Waals surface area (Å²) in [5.41, 5.74) is 4.04. The fourth-order valence-corrected chi connectivity index (χ4v) is 2.18. The van der Waals surface area contributed by atoms with Gasteiger partial charge in [-0.1, -0.05) is 6.07 Å². The van der Waals surface area contributed by atoms with Crippen molar-refractivity contribution in [2.75, 3.05) is 19.4 Å². The summed E-state index contributed by atoms with van der Waals surface area (Å²) in [4.78, 5) is 11.0. The van der Waals surface area contributed by atoms with E-state index in [1.807, 2.05) is 30.8 Å². The molecule has 0 aliphatic carbocycles. The lowest BCUT2D eigenvalue weighted by Gasteiger charge is -2.15. The highest BCUT2D eigenvalue weighted by atomic mass is 32.1. The van der Waals surface area contributed by atoms with E-state index in [0.29, 0.717) is 0 Å². The Morgan fingerprint density at radius 3 is 2.82 bits per heavy atom. The first-order chi connectivity index (χ1) is 8.28. The quantitative estimate of drug-likeness (QED) is 0.881. The summed E-state index contributed by atoms with van der Waals surface area (Å²) in [6.07, 6.45) is 0. The van der Waals surface area contributed by atoms with Crippen LogP contribution < -0.4 is 5.32 Å². The van der Waals surface area contributed by atoms with Crippen molar-refractivity contribution in [2.24, 2.45) is 0 Å². The highest BCUT2D eigenvalue weighted by Gasteiger charge is 2.04. The molecule has 2 heterocycles. The Hall–Kier alpha value is -1.46. The Bertz CT molecular complexity index is 455. The number of nitrogens with zero attached hydrogens (tertiary/aromatic N) is 3. The van der Waals surface area contributed by atoms with Crippen LogP contribution in [0.15, 0.2) is 29.1 Å². The maximum Gasteiger partial charge on any atom is 0.126 e. The van der Waals surface area contributed by atoms with Crippen LogP contribution in [-0.2, 0) is 13.1 Å². The van der Waals surface area contributed by atoms with E-state index in [1.54, 1.807) is 11.3 Å². The molecule has 1 N–H and O–H groups in total. The van der Waals surface area contributed by atoms with Gasteiger partial charge in [-0.15, -0.1) is 11.3 Å². The van der Waals surface area contributed by atoms with Crippen LogP contribution in [0.2, 0.25) is 0 Å². The van der Waals surface area contributed by atoms with Gasteiger partial charge in [-0.3, -0.25) is 4.90 Å². The molecule has 0 aliphatic heterocycles. The standard InChI is InChI=1S/C12H16N4S/c1-13-12-5-3-4-10(15-12)6-16(2)7-11-8-17-9-14-11/h3-5,8-9H,6-7H2,1-2H3,(H,13,15). The van der Waals surface area contributed by atoms with E-state index in [4.69, 9.17) is 0 Å². The summed E-state index contributed by atoms with van der Waals surface area (Å²) in [7, 11) is 3.96. The van der Waals surface area contributed by atoms with Gasteiger partial charge in [0.05, 0.1) is 16.9 Å². The molecule has 5 heteroatoms. The minimum Gasteiger partial charge on any atom is -0.373 e. The number of thiazole rings is 1. The molecule has 17 heavy (non-hydrogen) atoms. The van der Waals surface area contributed by atoms with Crippen molar-refractivity contribution in [2.45, 2.75) is 13.1 Å². The van der Waals surface area contributed by atoms with Crippen LogP contribution in [0.5, 0.6) is 0 Å². The third-order valence-corrected chi connectivity index (χ3v) is 3.05. The molecule has 2 aromatic heterocycles. The highest BCUT2D eigenvalue weighted by Crippen LogP contribution is 2.09. The van der Waals surface area contributed by atoms with Gasteiger partial charge in [-0.05, 0) is 19.2 Å². The third-order valence-electron chi connectivity index (χ3n) is 2.41. The first-order valence-corrected chi connectivity index (χ1v) is 6.41. The monoisotopic (exact) mass is 248 g/mol. The molecule has 0 unspecified atom stereocenters. The SMILES string of the molecule is CNc1cccc(CN(C)Cc2cscn2)n1. The minimum atomic E-state index is 0.826. The third kappa shape index (κ3) is 3.51. The van der Waals surface area contributed by atoms with Crippen molar-refractivity contribution in [3.05, 3.63) is 40.5 Å². The van der Waals surface area contributed by atoms with Gasteiger partial charge in [-0.2, -0.15) is 0 Å². The first-order valence-electron chi connectivity index (χ1n) is 5.47. The highest BCUT2D eigenvalue weighted by molar-refractivity contribution is 7.07. The van der Waals surface area contributed by atoms with Gasteiger partial charge in [0, 0.05) is 25.5 Å². The van der Waals surface area contributed by atoms with Crippen LogP contribution in [-0.4, -0.2) is 29.0 Å². The molecule has 0 atom stereocenters. The number of pyridine rings is 1. The molecule has 0 fully saturated rings. The topological polar surface area (TPSA) is 41.0 Å². The maximum absolute atomic E-state index is 4.49. The summed E-state index contributed by atoms with van der Waals surface area (Å²) in [6.45, 7) is 1.68. The largest absolute Gasteiger partial charge is 0.373 e. The molecule has 0 bridgehead atoms. The van der Waals surface area contributed by atoms with Crippen molar-refractivity contribution >= 4 is 17.2 Å². The average Bonchev–Trinajstić information content (AvgIpc) is 2.82. The minimum absolute atomic E-state index is 0.826. The molecule has 0 saturated carbocycles. The van der Waals surface area contributed by atoms with Crippen LogP contribution in [0, 0.1) is 0 Å². The van der Waals surface area contributed by atoms with Crippen LogP contribution in [0.4, 0.5) is 5.82 Å². The molecule has 0 saturated heterocycles. The fraction of sp³-hybridized carbons (Fsp3) is 0.333. The molecule has 0 amide bonds. The Morgan fingerprint density at radius 2 is 2.12 bits per heavy atom.